The molecule has 0 aliphatic heterocycles. The molecular weight excluding hydrogens is 208 g/mol. The van der Waals surface area contributed by atoms with Crippen molar-refractivity contribution in [2.24, 2.45) is 5.73 Å². The molecule has 2 nitrogen and oxygen atoms in total. The van der Waals surface area contributed by atoms with E-state index in [0.29, 0.717) is 0 Å². The number of nitrogens with two attached hydrogens (primary N) is 1. The first-order chi connectivity index (χ1) is 8.12. The fraction of sp³-hybridized carbons (Fsp3) is 1.00. The molecule has 0 amide bonds. The van der Waals surface area contributed by atoms with Crippen molar-refractivity contribution < 1.29 is 4.48 Å². The van der Waals surface area contributed by atoms with Crippen LogP contribution in [0.4, 0.5) is 0 Å². The van der Waals surface area contributed by atoms with Crippen LogP contribution in [0.5, 0.6) is 0 Å². The van der Waals surface area contributed by atoms with Crippen molar-refractivity contribution in [3.8, 4) is 0 Å². The zero-order chi connectivity index (χ0) is 13.0. The number of rotatable bonds is 12. The first-order valence-electron chi connectivity index (χ1n) is 7.64. The van der Waals surface area contributed by atoms with Crippen LogP contribution in [-0.4, -0.2) is 38.2 Å². The lowest BCUT2D eigenvalue weighted by atomic mass is 10.1. The van der Waals surface area contributed by atoms with Gasteiger partial charge in [-0.2, -0.15) is 0 Å². The molecule has 17 heavy (non-hydrogen) atoms. The lowest BCUT2D eigenvalue weighted by Crippen LogP contribution is -2.41. The Labute approximate surface area is 109 Å². The Balaban J connectivity index is 3.26. The van der Waals surface area contributed by atoms with Crippen molar-refractivity contribution >= 4 is 0 Å². The van der Waals surface area contributed by atoms with Gasteiger partial charge in [-0.3, -0.25) is 0 Å². The van der Waals surface area contributed by atoms with Gasteiger partial charge in [-0.25, -0.2) is 0 Å². The zero-order valence-corrected chi connectivity index (χ0v) is 12.5. The molecule has 0 saturated heterocycles. The molecule has 2 heteroatoms. The van der Waals surface area contributed by atoms with E-state index in [1.165, 1.54) is 64.5 Å². The third kappa shape index (κ3) is 12.2. The molecule has 0 fully saturated rings. The van der Waals surface area contributed by atoms with Crippen LogP contribution in [0.15, 0.2) is 0 Å². The van der Waals surface area contributed by atoms with E-state index in [1.54, 1.807) is 0 Å². The van der Waals surface area contributed by atoms with Crippen molar-refractivity contribution in [3.05, 3.63) is 0 Å². The summed E-state index contributed by atoms with van der Waals surface area (Å²) in [6.07, 6.45) is 12.5. The molecule has 0 aliphatic rings. The average Bonchev–Trinajstić information content (AvgIpc) is 2.30. The summed E-state index contributed by atoms with van der Waals surface area (Å²) < 4.78 is 1.15. The van der Waals surface area contributed by atoms with Gasteiger partial charge in [0.25, 0.3) is 0 Å². The summed E-state index contributed by atoms with van der Waals surface area (Å²) >= 11 is 0. The second-order valence-electron chi connectivity index (χ2n) is 6.00. The summed E-state index contributed by atoms with van der Waals surface area (Å²) in [7, 11) is 4.66. The van der Waals surface area contributed by atoms with E-state index in [2.05, 4.69) is 21.0 Å². The minimum atomic E-state index is 0.832. The molecule has 104 valence electrons. The highest BCUT2D eigenvalue weighted by Gasteiger charge is 2.12. The SMILES string of the molecule is CCCCCCCCCC[N+](C)(C)CCCN. The van der Waals surface area contributed by atoms with E-state index in [1.807, 2.05) is 0 Å². The summed E-state index contributed by atoms with van der Waals surface area (Å²) in [6, 6.07) is 0. The highest BCUT2D eigenvalue weighted by atomic mass is 15.3. The highest BCUT2D eigenvalue weighted by Crippen LogP contribution is 2.10. The van der Waals surface area contributed by atoms with E-state index in [4.69, 9.17) is 5.73 Å². The third-order valence-corrected chi connectivity index (χ3v) is 3.58. The first-order valence-corrected chi connectivity index (χ1v) is 7.64. The Morgan fingerprint density at radius 3 is 1.71 bits per heavy atom. The minimum Gasteiger partial charge on any atom is -0.330 e. The van der Waals surface area contributed by atoms with Crippen molar-refractivity contribution in [1.82, 2.24) is 0 Å². The van der Waals surface area contributed by atoms with E-state index in [9.17, 15) is 0 Å². The Kier molecular flexibility index (Phi) is 11.0. The molecule has 0 aromatic rings. The number of nitrogens with zero attached hydrogens (tertiary/aromatic N) is 1. The summed E-state index contributed by atoms with van der Waals surface area (Å²) in [5.74, 6) is 0. The zero-order valence-electron chi connectivity index (χ0n) is 12.5. The van der Waals surface area contributed by atoms with Gasteiger partial charge in [-0.1, -0.05) is 45.4 Å². The molecule has 0 saturated carbocycles. The molecular formula is C15H35N2+. The predicted octanol–water partition coefficient (Wildman–Crippen LogP) is 3.55. The van der Waals surface area contributed by atoms with Crippen molar-refractivity contribution in [3.63, 3.8) is 0 Å². The Hall–Kier alpha value is -0.0800. The molecule has 0 heterocycles. The molecule has 2 N–H and O–H groups in total. The Morgan fingerprint density at radius 1 is 0.706 bits per heavy atom. The van der Waals surface area contributed by atoms with Crippen LogP contribution in [0.1, 0.15) is 64.7 Å². The van der Waals surface area contributed by atoms with E-state index in [-0.39, 0.29) is 0 Å². The van der Waals surface area contributed by atoms with Crippen LogP contribution < -0.4 is 5.73 Å². The lowest BCUT2D eigenvalue weighted by molar-refractivity contribution is -0.890. The van der Waals surface area contributed by atoms with Crippen molar-refractivity contribution in [1.29, 1.82) is 0 Å². The van der Waals surface area contributed by atoms with Gasteiger partial charge in [-0.15, -0.1) is 0 Å². The largest absolute Gasteiger partial charge is 0.330 e. The normalized spacial score (nSPS) is 12.0. The minimum absolute atomic E-state index is 0.832. The monoisotopic (exact) mass is 243 g/mol. The van der Waals surface area contributed by atoms with Crippen molar-refractivity contribution in [2.75, 3.05) is 33.7 Å². The molecule has 0 aliphatic carbocycles. The fourth-order valence-corrected chi connectivity index (χ4v) is 2.30. The van der Waals surface area contributed by atoms with Gasteiger partial charge in [0.05, 0.1) is 27.2 Å². The van der Waals surface area contributed by atoms with Crippen LogP contribution >= 0.6 is 0 Å². The standard InChI is InChI=1S/C15H35N2/c1-4-5-6-7-8-9-10-11-14-17(2,3)15-12-13-16/h4-16H2,1-3H3/q+1. The molecule has 0 bridgehead atoms. The van der Waals surface area contributed by atoms with Gasteiger partial charge in [0.15, 0.2) is 0 Å². The van der Waals surface area contributed by atoms with Gasteiger partial charge in [0.1, 0.15) is 0 Å². The Morgan fingerprint density at radius 2 is 1.18 bits per heavy atom. The topological polar surface area (TPSA) is 26.0 Å². The summed E-state index contributed by atoms with van der Waals surface area (Å²) in [6.45, 7) is 5.66. The van der Waals surface area contributed by atoms with Crippen LogP contribution in [0.3, 0.4) is 0 Å². The van der Waals surface area contributed by atoms with Crippen LogP contribution in [0.2, 0.25) is 0 Å². The second kappa shape index (κ2) is 11.0. The Bertz CT molecular complexity index is 155. The maximum absolute atomic E-state index is 5.56. The maximum Gasteiger partial charge on any atom is 0.0794 e. The number of hydrogen-bond donors (Lipinski definition) is 1. The van der Waals surface area contributed by atoms with Gasteiger partial charge >= 0.3 is 0 Å². The predicted molar refractivity (Wildman–Crippen MR) is 78.1 cm³/mol. The number of quaternary nitrogens is 1. The molecule has 0 rings (SSSR count). The molecule has 0 aromatic heterocycles. The van der Waals surface area contributed by atoms with Gasteiger partial charge < -0.3 is 10.2 Å². The van der Waals surface area contributed by atoms with Gasteiger partial charge in [-0.05, 0) is 19.4 Å². The van der Waals surface area contributed by atoms with Crippen molar-refractivity contribution in [2.45, 2.75) is 64.7 Å². The molecule has 0 atom stereocenters. The lowest BCUT2D eigenvalue weighted by Gasteiger charge is -2.29. The summed E-state index contributed by atoms with van der Waals surface area (Å²) in [4.78, 5) is 0. The third-order valence-electron chi connectivity index (χ3n) is 3.58. The van der Waals surface area contributed by atoms with E-state index < -0.39 is 0 Å². The van der Waals surface area contributed by atoms with Gasteiger partial charge in [0.2, 0.25) is 0 Å². The van der Waals surface area contributed by atoms with E-state index in [0.717, 1.165) is 17.4 Å². The fourth-order valence-electron chi connectivity index (χ4n) is 2.30. The molecule has 0 radical (unpaired) electrons. The smallest absolute Gasteiger partial charge is 0.0794 e. The number of hydrogen-bond acceptors (Lipinski definition) is 1. The molecule has 0 unspecified atom stereocenters. The first kappa shape index (κ1) is 16.9. The van der Waals surface area contributed by atoms with Crippen LogP contribution in [0.25, 0.3) is 0 Å². The van der Waals surface area contributed by atoms with Crippen LogP contribution in [-0.2, 0) is 0 Å². The van der Waals surface area contributed by atoms with Gasteiger partial charge in [0, 0.05) is 6.42 Å². The summed E-state index contributed by atoms with van der Waals surface area (Å²) in [5, 5.41) is 0. The van der Waals surface area contributed by atoms with Crippen LogP contribution in [0, 0.1) is 0 Å². The number of unbranched alkanes of at least 4 members (excludes halogenated alkanes) is 7. The quantitative estimate of drug-likeness (QED) is 0.412. The molecule has 0 aromatic carbocycles. The molecule has 0 spiro atoms. The average molecular weight is 243 g/mol. The van der Waals surface area contributed by atoms with E-state index >= 15 is 0 Å². The highest BCUT2D eigenvalue weighted by molar-refractivity contribution is 4.46. The second-order valence-corrected chi connectivity index (χ2v) is 6.00. The maximum atomic E-state index is 5.56. The summed E-state index contributed by atoms with van der Waals surface area (Å²) in [5.41, 5.74) is 5.56.